The fourth-order valence-corrected chi connectivity index (χ4v) is 5.03. The van der Waals surface area contributed by atoms with E-state index in [0.717, 1.165) is 16.8 Å². The molecular weight excluding hydrogens is 456 g/mol. The summed E-state index contributed by atoms with van der Waals surface area (Å²) in [7, 11) is 3.49. The number of likely N-dealkylation sites (N-methyl/N-ethyl adjacent to an activating group) is 1. The van der Waals surface area contributed by atoms with Crippen molar-refractivity contribution in [2.45, 2.75) is 19.9 Å². The Bertz CT molecular complexity index is 1390. The number of aliphatic hydroxyl groups excluding tert-OH is 1. The first-order chi connectivity index (χ1) is 17.3. The first kappa shape index (κ1) is 23.5. The van der Waals surface area contributed by atoms with Gasteiger partial charge in [0.25, 0.3) is 11.7 Å². The van der Waals surface area contributed by atoms with Gasteiger partial charge in [-0.15, -0.1) is 0 Å². The summed E-state index contributed by atoms with van der Waals surface area (Å²) in [4.78, 5) is 30.5. The van der Waals surface area contributed by atoms with Crippen LogP contribution in [0.15, 0.2) is 66.2 Å². The van der Waals surface area contributed by atoms with Gasteiger partial charge in [-0.05, 0) is 61.4 Å². The van der Waals surface area contributed by atoms with Crippen molar-refractivity contribution < 1.29 is 24.2 Å². The van der Waals surface area contributed by atoms with Gasteiger partial charge in [-0.25, -0.2) is 0 Å². The molecule has 0 radical (unpaired) electrons. The minimum atomic E-state index is -0.868. The number of para-hydroxylation sites is 1. The zero-order valence-corrected chi connectivity index (χ0v) is 20.7. The van der Waals surface area contributed by atoms with Crippen molar-refractivity contribution in [3.05, 3.63) is 88.5 Å². The van der Waals surface area contributed by atoms with E-state index < -0.39 is 17.7 Å². The molecule has 3 aromatic carbocycles. The quantitative estimate of drug-likeness (QED) is 0.327. The topological polar surface area (TPSA) is 79.3 Å². The number of amides is 1. The second-order valence-electron chi connectivity index (χ2n) is 9.21. The highest BCUT2D eigenvalue weighted by Crippen LogP contribution is 2.45. The number of rotatable bonds is 4. The Morgan fingerprint density at radius 1 is 1.03 bits per heavy atom. The molecule has 0 aromatic heterocycles. The maximum Gasteiger partial charge on any atom is 0.300 e. The van der Waals surface area contributed by atoms with Crippen LogP contribution in [0.2, 0.25) is 0 Å². The Labute approximate surface area is 210 Å². The number of hydrogen-bond acceptors (Lipinski definition) is 6. The van der Waals surface area contributed by atoms with Crippen molar-refractivity contribution in [3.63, 3.8) is 0 Å². The van der Waals surface area contributed by atoms with Crippen molar-refractivity contribution in [1.29, 1.82) is 0 Å². The Kier molecular flexibility index (Phi) is 5.92. The van der Waals surface area contributed by atoms with Gasteiger partial charge in [0.05, 0.1) is 31.0 Å². The lowest BCUT2D eigenvalue weighted by atomic mass is 9.94. The van der Waals surface area contributed by atoms with Gasteiger partial charge < -0.3 is 19.5 Å². The predicted octanol–water partition coefficient (Wildman–Crippen LogP) is 4.77. The molecule has 0 bridgehead atoms. The minimum absolute atomic E-state index is 0.0167. The normalized spacial score (nSPS) is 18.7. The number of ether oxygens (including phenoxy) is 2. The summed E-state index contributed by atoms with van der Waals surface area (Å²) in [5.74, 6) is -0.459. The standard InChI is InChI=1S/C29H28N2O5/c1-17-13-18(2)15-20(14-17)31-26(21-7-5-6-8-23(21)35-4)25(28(33)29(31)34)27(32)19-9-10-24-22(16-19)30(3)11-12-36-24/h5-10,13-16,26,32H,11-12H2,1-4H3/b27-25+. The Morgan fingerprint density at radius 3 is 2.47 bits per heavy atom. The van der Waals surface area contributed by atoms with Crippen LogP contribution in [0, 0.1) is 13.8 Å². The van der Waals surface area contributed by atoms with Gasteiger partial charge in [0.15, 0.2) is 0 Å². The molecule has 2 heterocycles. The number of ketones is 1. The number of nitrogens with zero attached hydrogens (tertiary/aromatic N) is 2. The molecule has 0 aliphatic carbocycles. The third-order valence-corrected chi connectivity index (χ3v) is 6.69. The number of anilines is 2. The highest BCUT2D eigenvalue weighted by molar-refractivity contribution is 6.51. The first-order valence-corrected chi connectivity index (χ1v) is 11.8. The number of carbonyl (C=O) groups is 2. The van der Waals surface area contributed by atoms with E-state index in [2.05, 4.69) is 0 Å². The van der Waals surface area contributed by atoms with E-state index in [4.69, 9.17) is 9.47 Å². The summed E-state index contributed by atoms with van der Waals surface area (Å²) in [6, 6.07) is 17.4. The zero-order chi connectivity index (χ0) is 25.6. The van der Waals surface area contributed by atoms with Crippen molar-refractivity contribution in [2.75, 3.05) is 37.1 Å². The molecule has 36 heavy (non-hydrogen) atoms. The van der Waals surface area contributed by atoms with E-state index in [1.165, 1.54) is 4.90 Å². The SMILES string of the molecule is COc1ccccc1C1/C(=C(\O)c2ccc3c(c2)N(C)CCO3)C(=O)C(=O)N1c1cc(C)cc(C)c1. The molecule has 1 saturated heterocycles. The van der Waals surface area contributed by atoms with Crippen molar-refractivity contribution >= 4 is 28.8 Å². The van der Waals surface area contributed by atoms with Crippen molar-refractivity contribution in [1.82, 2.24) is 0 Å². The zero-order valence-electron chi connectivity index (χ0n) is 20.7. The van der Waals surface area contributed by atoms with E-state index in [1.807, 2.05) is 62.2 Å². The monoisotopic (exact) mass is 484 g/mol. The Hall–Kier alpha value is -4.26. The summed E-state index contributed by atoms with van der Waals surface area (Å²) >= 11 is 0. The Morgan fingerprint density at radius 2 is 1.75 bits per heavy atom. The number of carbonyl (C=O) groups excluding carboxylic acids is 2. The van der Waals surface area contributed by atoms with Crippen LogP contribution in [0.1, 0.15) is 28.3 Å². The fourth-order valence-electron chi connectivity index (χ4n) is 5.03. The van der Waals surface area contributed by atoms with Crippen molar-refractivity contribution in [2.24, 2.45) is 0 Å². The van der Waals surface area contributed by atoms with Gasteiger partial charge in [0, 0.05) is 23.9 Å². The van der Waals surface area contributed by atoms with Crippen LogP contribution >= 0.6 is 0 Å². The van der Waals surface area contributed by atoms with Crippen LogP contribution in [0.25, 0.3) is 5.76 Å². The van der Waals surface area contributed by atoms with E-state index in [-0.39, 0.29) is 11.3 Å². The summed E-state index contributed by atoms with van der Waals surface area (Å²) < 4.78 is 11.3. The summed E-state index contributed by atoms with van der Waals surface area (Å²) in [6.07, 6.45) is 0. The average molecular weight is 485 g/mol. The molecule has 2 aliphatic rings. The molecule has 1 amide bonds. The van der Waals surface area contributed by atoms with Crippen LogP contribution in [0.3, 0.4) is 0 Å². The number of fused-ring (bicyclic) bond motifs is 1. The van der Waals surface area contributed by atoms with Crippen LogP contribution < -0.4 is 19.3 Å². The van der Waals surface area contributed by atoms with Crippen LogP contribution in [0.4, 0.5) is 11.4 Å². The van der Waals surface area contributed by atoms with Gasteiger partial charge in [0.1, 0.15) is 23.9 Å². The maximum atomic E-state index is 13.5. The molecule has 7 heteroatoms. The van der Waals surface area contributed by atoms with Crippen LogP contribution in [-0.2, 0) is 9.59 Å². The van der Waals surface area contributed by atoms with Crippen LogP contribution in [-0.4, -0.2) is 44.1 Å². The Balaban J connectivity index is 1.74. The van der Waals surface area contributed by atoms with E-state index in [0.29, 0.717) is 41.5 Å². The van der Waals surface area contributed by atoms with E-state index >= 15 is 0 Å². The molecule has 1 fully saturated rings. The second-order valence-corrected chi connectivity index (χ2v) is 9.21. The third kappa shape index (κ3) is 3.86. The summed E-state index contributed by atoms with van der Waals surface area (Å²) in [6.45, 7) is 5.16. The molecule has 5 rings (SSSR count). The molecule has 1 atom stereocenters. The van der Waals surface area contributed by atoms with E-state index in [1.54, 1.807) is 31.4 Å². The molecule has 2 aliphatic heterocycles. The molecular formula is C29H28N2O5. The van der Waals surface area contributed by atoms with E-state index in [9.17, 15) is 14.7 Å². The van der Waals surface area contributed by atoms with Gasteiger partial charge in [-0.2, -0.15) is 0 Å². The maximum absolute atomic E-state index is 13.5. The number of Topliss-reactive ketones (excluding diaryl/α,β-unsaturated/α-hetero) is 1. The molecule has 1 N–H and O–H groups in total. The molecule has 3 aromatic rings. The van der Waals surface area contributed by atoms with Gasteiger partial charge in [0.2, 0.25) is 0 Å². The highest BCUT2D eigenvalue weighted by Gasteiger charge is 2.48. The molecule has 7 nitrogen and oxygen atoms in total. The largest absolute Gasteiger partial charge is 0.507 e. The van der Waals surface area contributed by atoms with Crippen molar-refractivity contribution in [3.8, 4) is 11.5 Å². The fraction of sp³-hybridized carbons (Fsp3) is 0.241. The number of aryl methyl sites for hydroxylation is 2. The second kappa shape index (κ2) is 9.07. The number of hydrogen-bond donors (Lipinski definition) is 1. The summed E-state index contributed by atoms with van der Waals surface area (Å²) in [5, 5.41) is 11.5. The highest BCUT2D eigenvalue weighted by atomic mass is 16.5. The molecule has 1 unspecified atom stereocenters. The lowest BCUT2D eigenvalue weighted by Gasteiger charge is -2.28. The molecule has 0 saturated carbocycles. The van der Waals surface area contributed by atoms with Gasteiger partial charge in [-0.3, -0.25) is 14.5 Å². The lowest BCUT2D eigenvalue weighted by molar-refractivity contribution is -0.132. The first-order valence-electron chi connectivity index (χ1n) is 11.8. The molecule has 184 valence electrons. The average Bonchev–Trinajstić information content (AvgIpc) is 3.13. The number of methoxy groups -OCH3 is 1. The predicted molar refractivity (Wildman–Crippen MR) is 139 cm³/mol. The van der Waals surface area contributed by atoms with Gasteiger partial charge >= 0.3 is 0 Å². The number of aliphatic hydroxyl groups is 1. The third-order valence-electron chi connectivity index (χ3n) is 6.69. The van der Waals surface area contributed by atoms with Gasteiger partial charge in [-0.1, -0.05) is 24.3 Å². The number of benzene rings is 3. The lowest BCUT2D eigenvalue weighted by Crippen LogP contribution is -2.29. The molecule has 0 spiro atoms. The van der Waals surface area contributed by atoms with Crippen LogP contribution in [0.5, 0.6) is 11.5 Å². The summed E-state index contributed by atoms with van der Waals surface area (Å²) in [5.41, 5.74) is 4.38. The minimum Gasteiger partial charge on any atom is -0.507 e. The smallest absolute Gasteiger partial charge is 0.300 e.